The van der Waals surface area contributed by atoms with Crippen molar-refractivity contribution in [2.24, 2.45) is 5.41 Å². The number of carboxylic acid groups (broad SMARTS) is 1. The molecule has 2 aliphatic rings. The van der Waals surface area contributed by atoms with Gasteiger partial charge in [0, 0.05) is 44.0 Å². The predicted molar refractivity (Wildman–Crippen MR) is 70.6 cm³/mol. The average molecular weight is 261 g/mol. The summed E-state index contributed by atoms with van der Waals surface area (Å²) < 4.78 is 0. The topological polar surface area (TPSA) is 56.7 Å². The molecule has 2 fully saturated rings. The molecule has 0 unspecified atom stereocenters. The molecule has 5 heteroatoms. The largest absolute Gasteiger partial charge is 0.480 e. The van der Waals surface area contributed by atoms with Gasteiger partial charge in [-0.2, -0.15) is 0 Å². The maximum Gasteiger partial charge on any atom is 0.317 e. The molecule has 2 aliphatic heterocycles. The second-order valence-corrected chi connectivity index (χ2v) is 5.86. The van der Waals surface area contributed by atoms with Crippen molar-refractivity contribution in [3.8, 4) is 0 Å². The molecule has 1 N–H and O–H groups in total. The summed E-state index contributed by atoms with van der Waals surface area (Å²) in [7, 11) is 0. The average Bonchev–Trinajstić information content (AvgIpc) is 2.73. The minimum absolute atomic E-state index is 0.187. The van der Waals surface area contributed by atoms with Crippen molar-refractivity contribution in [2.45, 2.75) is 13.0 Å². The Hall–Kier alpha value is -1.46. The fourth-order valence-corrected chi connectivity index (χ4v) is 3.37. The van der Waals surface area contributed by atoms with E-state index < -0.39 is 5.97 Å². The summed E-state index contributed by atoms with van der Waals surface area (Å²) in [6.45, 7) is 5.24. The quantitative estimate of drug-likeness (QED) is 0.863. The number of pyridine rings is 1. The van der Waals surface area contributed by atoms with Gasteiger partial charge in [-0.05, 0) is 30.7 Å². The van der Waals surface area contributed by atoms with E-state index in [0.717, 1.165) is 32.7 Å². The van der Waals surface area contributed by atoms with Crippen molar-refractivity contribution in [1.29, 1.82) is 0 Å². The van der Waals surface area contributed by atoms with Crippen LogP contribution in [0.1, 0.15) is 12.0 Å². The van der Waals surface area contributed by atoms with E-state index in [9.17, 15) is 4.79 Å². The van der Waals surface area contributed by atoms with Gasteiger partial charge >= 0.3 is 5.97 Å². The van der Waals surface area contributed by atoms with E-state index >= 15 is 0 Å². The first-order chi connectivity index (χ1) is 9.15. The second-order valence-electron chi connectivity index (χ2n) is 5.86. The highest BCUT2D eigenvalue weighted by Gasteiger charge is 2.47. The summed E-state index contributed by atoms with van der Waals surface area (Å²) in [5, 5.41) is 8.77. The van der Waals surface area contributed by atoms with E-state index in [0.29, 0.717) is 5.41 Å². The van der Waals surface area contributed by atoms with Crippen molar-refractivity contribution in [3.05, 3.63) is 30.1 Å². The standard InChI is InChI=1S/C14H19N3O2/c18-13(19)8-17-10-14(11-17)3-6-16(9-14)7-12-1-4-15-5-2-12/h1-2,4-5H,3,6-11H2,(H,18,19). The molecule has 102 valence electrons. The van der Waals surface area contributed by atoms with Crippen LogP contribution in [-0.4, -0.2) is 58.6 Å². The van der Waals surface area contributed by atoms with Crippen LogP contribution in [0.25, 0.3) is 0 Å². The molecule has 0 bridgehead atoms. The SMILES string of the molecule is O=C(O)CN1CC2(CCN(Cc3ccncc3)C2)C1. The van der Waals surface area contributed by atoms with Gasteiger partial charge in [0.2, 0.25) is 0 Å². The zero-order valence-electron chi connectivity index (χ0n) is 11.0. The molecular formula is C14H19N3O2. The van der Waals surface area contributed by atoms with E-state index in [-0.39, 0.29) is 6.54 Å². The molecule has 3 heterocycles. The molecule has 0 radical (unpaired) electrons. The smallest absolute Gasteiger partial charge is 0.317 e. The molecule has 0 saturated carbocycles. The van der Waals surface area contributed by atoms with Crippen molar-refractivity contribution >= 4 is 5.97 Å². The number of rotatable bonds is 4. The fourth-order valence-electron chi connectivity index (χ4n) is 3.37. The summed E-state index contributed by atoms with van der Waals surface area (Å²) in [5.41, 5.74) is 1.65. The number of aliphatic carboxylic acids is 1. The first-order valence-corrected chi connectivity index (χ1v) is 6.71. The Balaban J connectivity index is 1.50. The molecule has 5 nitrogen and oxygen atoms in total. The van der Waals surface area contributed by atoms with Crippen LogP contribution in [0.15, 0.2) is 24.5 Å². The number of aromatic nitrogens is 1. The predicted octanol–water partition coefficient (Wildman–Crippen LogP) is 0.674. The Morgan fingerprint density at radius 1 is 1.26 bits per heavy atom. The zero-order valence-corrected chi connectivity index (χ0v) is 11.0. The first-order valence-electron chi connectivity index (χ1n) is 6.71. The first kappa shape index (κ1) is 12.6. The van der Waals surface area contributed by atoms with Gasteiger partial charge in [0.05, 0.1) is 6.54 Å². The van der Waals surface area contributed by atoms with Crippen LogP contribution in [0.4, 0.5) is 0 Å². The number of hydrogen-bond donors (Lipinski definition) is 1. The third-order valence-corrected chi connectivity index (χ3v) is 4.15. The Labute approximate surface area is 112 Å². The number of carbonyl (C=O) groups is 1. The molecule has 1 aromatic heterocycles. The highest BCUT2D eigenvalue weighted by Crippen LogP contribution is 2.39. The van der Waals surface area contributed by atoms with Gasteiger partial charge in [0.1, 0.15) is 0 Å². The molecule has 0 amide bonds. The molecule has 0 aromatic carbocycles. The van der Waals surface area contributed by atoms with Gasteiger partial charge in [0.25, 0.3) is 0 Å². The Morgan fingerprint density at radius 3 is 2.63 bits per heavy atom. The molecule has 3 rings (SSSR count). The van der Waals surface area contributed by atoms with Gasteiger partial charge in [-0.3, -0.25) is 19.6 Å². The maximum absolute atomic E-state index is 10.7. The molecule has 0 aliphatic carbocycles. The van der Waals surface area contributed by atoms with Gasteiger partial charge in [0.15, 0.2) is 0 Å². The van der Waals surface area contributed by atoms with E-state index in [1.807, 2.05) is 17.3 Å². The summed E-state index contributed by atoms with van der Waals surface area (Å²) in [4.78, 5) is 19.2. The van der Waals surface area contributed by atoms with Crippen LogP contribution in [0.2, 0.25) is 0 Å². The van der Waals surface area contributed by atoms with E-state index in [1.54, 1.807) is 0 Å². The van der Waals surface area contributed by atoms with Gasteiger partial charge in [-0.25, -0.2) is 0 Å². The van der Waals surface area contributed by atoms with Gasteiger partial charge in [-0.15, -0.1) is 0 Å². The lowest BCUT2D eigenvalue weighted by Crippen LogP contribution is -2.58. The van der Waals surface area contributed by atoms with E-state index in [2.05, 4.69) is 22.0 Å². The zero-order chi connectivity index (χ0) is 13.3. The Morgan fingerprint density at radius 2 is 1.95 bits per heavy atom. The third kappa shape index (κ3) is 2.77. The van der Waals surface area contributed by atoms with Gasteiger partial charge < -0.3 is 5.11 Å². The van der Waals surface area contributed by atoms with Crippen LogP contribution in [0.5, 0.6) is 0 Å². The lowest BCUT2D eigenvalue weighted by molar-refractivity contribution is -0.141. The highest BCUT2D eigenvalue weighted by molar-refractivity contribution is 5.69. The third-order valence-electron chi connectivity index (χ3n) is 4.15. The molecule has 2 saturated heterocycles. The second kappa shape index (κ2) is 4.90. The van der Waals surface area contributed by atoms with E-state index in [4.69, 9.17) is 5.11 Å². The molecule has 1 aromatic rings. The van der Waals surface area contributed by atoms with Crippen molar-refractivity contribution in [1.82, 2.24) is 14.8 Å². The number of hydrogen-bond acceptors (Lipinski definition) is 4. The Kier molecular flexibility index (Phi) is 3.24. The monoisotopic (exact) mass is 261 g/mol. The molecule has 0 atom stereocenters. The normalized spacial score (nSPS) is 22.5. The van der Waals surface area contributed by atoms with Crippen molar-refractivity contribution in [2.75, 3.05) is 32.7 Å². The molecule has 19 heavy (non-hydrogen) atoms. The molecular weight excluding hydrogens is 242 g/mol. The number of nitrogens with zero attached hydrogens (tertiary/aromatic N) is 3. The van der Waals surface area contributed by atoms with Crippen molar-refractivity contribution in [3.63, 3.8) is 0 Å². The number of likely N-dealkylation sites (tertiary alicyclic amines) is 2. The summed E-state index contributed by atoms with van der Waals surface area (Å²) >= 11 is 0. The van der Waals surface area contributed by atoms with Crippen LogP contribution >= 0.6 is 0 Å². The summed E-state index contributed by atoms with van der Waals surface area (Å²) in [6.07, 6.45) is 4.85. The lowest BCUT2D eigenvalue weighted by Gasteiger charge is -2.47. The van der Waals surface area contributed by atoms with Crippen molar-refractivity contribution < 1.29 is 9.90 Å². The van der Waals surface area contributed by atoms with Crippen LogP contribution in [0.3, 0.4) is 0 Å². The highest BCUT2D eigenvalue weighted by atomic mass is 16.4. The number of carboxylic acids is 1. The van der Waals surface area contributed by atoms with E-state index in [1.165, 1.54) is 12.0 Å². The summed E-state index contributed by atoms with van der Waals surface area (Å²) in [5.74, 6) is -0.721. The minimum Gasteiger partial charge on any atom is -0.480 e. The Bertz CT molecular complexity index is 457. The minimum atomic E-state index is -0.721. The fraction of sp³-hybridized carbons (Fsp3) is 0.571. The lowest BCUT2D eigenvalue weighted by atomic mass is 9.79. The van der Waals surface area contributed by atoms with Crippen LogP contribution < -0.4 is 0 Å². The summed E-state index contributed by atoms with van der Waals surface area (Å²) in [6, 6.07) is 4.12. The van der Waals surface area contributed by atoms with Crippen LogP contribution in [-0.2, 0) is 11.3 Å². The molecule has 1 spiro atoms. The van der Waals surface area contributed by atoms with Crippen LogP contribution in [0, 0.1) is 5.41 Å². The maximum atomic E-state index is 10.7. The van der Waals surface area contributed by atoms with Gasteiger partial charge in [-0.1, -0.05) is 0 Å².